The van der Waals surface area contributed by atoms with Gasteiger partial charge >= 0.3 is 0 Å². The van der Waals surface area contributed by atoms with Crippen LogP contribution in [0.1, 0.15) is 24.9 Å². The molecule has 1 rings (SSSR count). The summed E-state index contributed by atoms with van der Waals surface area (Å²) in [6.07, 6.45) is 2.20. The molecule has 0 aliphatic rings. The average molecular weight is 227 g/mol. The molecule has 0 amide bonds. The Morgan fingerprint density at radius 1 is 1.27 bits per heavy atom. The van der Waals surface area contributed by atoms with E-state index in [1.54, 1.807) is 12.1 Å². The maximum atomic E-state index is 11.2. The zero-order chi connectivity index (χ0) is 11.5. The molecule has 0 aliphatic heterocycles. The minimum atomic E-state index is -3.08. The molecule has 1 N–H and O–H groups in total. The van der Waals surface area contributed by atoms with E-state index < -0.39 is 9.84 Å². The Balaban J connectivity index is 3.00. The van der Waals surface area contributed by atoms with Crippen LogP contribution >= 0.6 is 0 Å². The first-order valence-corrected chi connectivity index (χ1v) is 6.85. The van der Waals surface area contributed by atoms with E-state index >= 15 is 0 Å². The van der Waals surface area contributed by atoms with Crippen molar-refractivity contribution in [2.24, 2.45) is 0 Å². The highest BCUT2D eigenvalue weighted by Gasteiger charge is 2.09. The van der Waals surface area contributed by atoms with Crippen molar-refractivity contribution in [1.29, 1.82) is 0 Å². The second-order valence-electron chi connectivity index (χ2n) is 3.59. The van der Waals surface area contributed by atoms with Gasteiger partial charge in [-0.25, -0.2) is 8.42 Å². The SMILES string of the molecule is CCC(NC)c1ccc(S(C)(=O)=O)cc1. The Kier molecular flexibility index (Phi) is 3.88. The van der Waals surface area contributed by atoms with Crippen LogP contribution in [0.25, 0.3) is 0 Å². The van der Waals surface area contributed by atoms with Crippen molar-refractivity contribution in [2.75, 3.05) is 13.3 Å². The van der Waals surface area contributed by atoms with Gasteiger partial charge in [0.25, 0.3) is 0 Å². The lowest BCUT2D eigenvalue weighted by molar-refractivity contribution is 0.576. The van der Waals surface area contributed by atoms with Gasteiger partial charge in [0, 0.05) is 12.3 Å². The van der Waals surface area contributed by atoms with E-state index in [-0.39, 0.29) is 0 Å². The Morgan fingerprint density at radius 2 is 1.80 bits per heavy atom. The third kappa shape index (κ3) is 3.04. The van der Waals surface area contributed by atoms with E-state index in [1.807, 2.05) is 19.2 Å². The molecule has 84 valence electrons. The topological polar surface area (TPSA) is 46.2 Å². The van der Waals surface area contributed by atoms with Gasteiger partial charge in [-0.3, -0.25) is 0 Å². The maximum Gasteiger partial charge on any atom is 0.175 e. The number of hydrogen-bond donors (Lipinski definition) is 1. The van der Waals surface area contributed by atoms with Crippen LogP contribution in [0.5, 0.6) is 0 Å². The fraction of sp³-hybridized carbons (Fsp3) is 0.455. The normalized spacial score (nSPS) is 13.8. The zero-order valence-corrected chi connectivity index (χ0v) is 10.1. The number of sulfone groups is 1. The first-order chi connectivity index (χ1) is 6.99. The quantitative estimate of drug-likeness (QED) is 0.852. The summed E-state index contributed by atoms with van der Waals surface area (Å²) in [5.41, 5.74) is 1.12. The van der Waals surface area contributed by atoms with Gasteiger partial charge in [0.15, 0.2) is 9.84 Å². The van der Waals surface area contributed by atoms with Crippen LogP contribution < -0.4 is 5.32 Å². The zero-order valence-electron chi connectivity index (χ0n) is 9.32. The van der Waals surface area contributed by atoms with Crippen LogP contribution in [0, 0.1) is 0 Å². The smallest absolute Gasteiger partial charge is 0.175 e. The maximum absolute atomic E-state index is 11.2. The van der Waals surface area contributed by atoms with Gasteiger partial charge in [0.05, 0.1) is 4.90 Å². The van der Waals surface area contributed by atoms with Crippen LogP contribution in [-0.2, 0) is 9.84 Å². The second-order valence-corrected chi connectivity index (χ2v) is 5.61. The Hall–Kier alpha value is -0.870. The predicted molar refractivity (Wildman–Crippen MR) is 61.6 cm³/mol. The van der Waals surface area contributed by atoms with Gasteiger partial charge in [0.1, 0.15) is 0 Å². The van der Waals surface area contributed by atoms with Crippen molar-refractivity contribution in [2.45, 2.75) is 24.3 Å². The average Bonchev–Trinajstić information content (AvgIpc) is 2.19. The molecule has 0 heterocycles. The highest BCUT2D eigenvalue weighted by atomic mass is 32.2. The molecule has 0 fully saturated rings. The molecule has 15 heavy (non-hydrogen) atoms. The van der Waals surface area contributed by atoms with E-state index in [2.05, 4.69) is 12.2 Å². The standard InChI is InChI=1S/C11H17NO2S/c1-4-11(12-2)9-5-7-10(8-6-9)15(3,13)14/h5-8,11-12H,4H2,1-3H3. The summed E-state index contributed by atoms with van der Waals surface area (Å²) in [5.74, 6) is 0. The van der Waals surface area contributed by atoms with Gasteiger partial charge in [0.2, 0.25) is 0 Å². The van der Waals surface area contributed by atoms with Crippen molar-refractivity contribution in [3.8, 4) is 0 Å². The number of rotatable bonds is 4. The Labute approximate surface area is 91.4 Å². The lowest BCUT2D eigenvalue weighted by atomic mass is 10.1. The molecule has 3 nitrogen and oxygen atoms in total. The largest absolute Gasteiger partial charge is 0.313 e. The van der Waals surface area contributed by atoms with E-state index in [1.165, 1.54) is 6.26 Å². The van der Waals surface area contributed by atoms with E-state index in [9.17, 15) is 8.42 Å². The van der Waals surface area contributed by atoms with Crippen molar-refractivity contribution < 1.29 is 8.42 Å². The molecule has 1 unspecified atom stereocenters. The summed E-state index contributed by atoms with van der Waals surface area (Å²) < 4.78 is 22.5. The molecule has 0 saturated heterocycles. The molecular weight excluding hydrogens is 210 g/mol. The van der Waals surface area contributed by atoms with Gasteiger partial charge in [-0.1, -0.05) is 19.1 Å². The van der Waals surface area contributed by atoms with Crippen molar-refractivity contribution in [3.05, 3.63) is 29.8 Å². The van der Waals surface area contributed by atoms with E-state index in [0.29, 0.717) is 10.9 Å². The Morgan fingerprint density at radius 3 is 2.13 bits per heavy atom. The number of benzene rings is 1. The molecule has 1 aromatic carbocycles. The molecule has 1 atom stereocenters. The molecular formula is C11H17NO2S. The Bertz CT molecular complexity index is 405. The van der Waals surface area contributed by atoms with E-state index in [4.69, 9.17) is 0 Å². The number of nitrogens with one attached hydrogen (secondary N) is 1. The fourth-order valence-electron chi connectivity index (χ4n) is 1.55. The number of hydrogen-bond acceptors (Lipinski definition) is 3. The van der Waals surface area contributed by atoms with Gasteiger partial charge in [-0.15, -0.1) is 0 Å². The fourth-order valence-corrected chi connectivity index (χ4v) is 2.18. The van der Waals surface area contributed by atoms with Crippen LogP contribution in [0.3, 0.4) is 0 Å². The molecule has 0 bridgehead atoms. The molecule has 0 aromatic heterocycles. The summed E-state index contributed by atoms with van der Waals surface area (Å²) in [7, 11) is -1.18. The summed E-state index contributed by atoms with van der Waals surface area (Å²) in [6.45, 7) is 2.09. The summed E-state index contributed by atoms with van der Waals surface area (Å²) >= 11 is 0. The highest BCUT2D eigenvalue weighted by Crippen LogP contribution is 2.18. The molecule has 4 heteroatoms. The summed E-state index contributed by atoms with van der Waals surface area (Å²) in [5, 5.41) is 3.18. The minimum Gasteiger partial charge on any atom is -0.313 e. The molecule has 1 aromatic rings. The van der Waals surface area contributed by atoms with Crippen molar-refractivity contribution >= 4 is 9.84 Å². The van der Waals surface area contributed by atoms with Gasteiger partial charge in [-0.2, -0.15) is 0 Å². The van der Waals surface area contributed by atoms with Crippen molar-refractivity contribution in [1.82, 2.24) is 5.32 Å². The van der Waals surface area contributed by atoms with Crippen molar-refractivity contribution in [3.63, 3.8) is 0 Å². The summed E-state index contributed by atoms with van der Waals surface area (Å²) in [4.78, 5) is 0.372. The monoisotopic (exact) mass is 227 g/mol. The lowest BCUT2D eigenvalue weighted by Crippen LogP contribution is -2.15. The first kappa shape index (κ1) is 12.2. The molecule has 0 aliphatic carbocycles. The van der Waals surface area contributed by atoms with Crippen LogP contribution in [0.4, 0.5) is 0 Å². The third-order valence-corrected chi connectivity index (χ3v) is 3.60. The minimum absolute atomic E-state index is 0.290. The molecule has 0 spiro atoms. The molecule has 0 radical (unpaired) electrons. The van der Waals surface area contributed by atoms with Gasteiger partial charge < -0.3 is 5.32 Å². The van der Waals surface area contributed by atoms with E-state index in [0.717, 1.165) is 12.0 Å². The molecule has 0 saturated carbocycles. The van der Waals surface area contributed by atoms with Crippen LogP contribution in [0.2, 0.25) is 0 Å². The predicted octanol–water partition coefficient (Wildman–Crippen LogP) is 1.76. The van der Waals surface area contributed by atoms with Crippen LogP contribution in [0.15, 0.2) is 29.2 Å². The second kappa shape index (κ2) is 4.77. The lowest BCUT2D eigenvalue weighted by Gasteiger charge is -2.14. The van der Waals surface area contributed by atoms with Gasteiger partial charge in [-0.05, 0) is 31.2 Å². The third-order valence-electron chi connectivity index (χ3n) is 2.47. The highest BCUT2D eigenvalue weighted by molar-refractivity contribution is 7.90. The van der Waals surface area contributed by atoms with Crippen LogP contribution in [-0.4, -0.2) is 21.7 Å². The summed E-state index contributed by atoms with van der Waals surface area (Å²) in [6, 6.07) is 7.33. The first-order valence-electron chi connectivity index (χ1n) is 4.96.